The van der Waals surface area contributed by atoms with E-state index in [1.807, 2.05) is 76.3 Å². The van der Waals surface area contributed by atoms with Gasteiger partial charge in [-0.15, -0.1) is 5.10 Å². The lowest BCUT2D eigenvalue weighted by Gasteiger charge is -2.47. The number of aliphatic hydroxyl groups is 1. The molecule has 0 bridgehead atoms. The van der Waals surface area contributed by atoms with Crippen LogP contribution in [0, 0.1) is 17.8 Å². The van der Waals surface area contributed by atoms with Crippen LogP contribution in [-0.2, 0) is 44.6 Å². The van der Waals surface area contributed by atoms with Crippen LogP contribution in [-0.4, -0.2) is 155 Å². The second-order valence-electron chi connectivity index (χ2n) is 19.6. The number of carbonyl (C=O) groups excluding carboxylic acids is 4. The number of anilines is 1. The molecule has 3 aliphatic heterocycles. The Bertz CT molecular complexity index is 2180. The van der Waals surface area contributed by atoms with Gasteiger partial charge in [0.15, 0.2) is 17.7 Å². The minimum absolute atomic E-state index is 0.0901. The molecule has 18 nitrogen and oxygen atoms in total. The van der Waals surface area contributed by atoms with Crippen molar-refractivity contribution in [1.29, 1.82) is 0 Å². The number of nitrogens with two attached hydrogens (primary N) is 1. The second kappa shape index (κ2) is 22.6. The smallest absolute Gasteiger partial charge is 0.410 e. The van der Waals surface area contributed by atoms with E-state index in [0.717, 1.165) is 5.56 Å². The summed E-state index contributed by atoms with van der Waals surface area (Å²) >= 11 is 0. The van der Waals surface area contributed by atoms with Crippen molar-refractivity contribution in [3.8, 4) is 11.3 Å². The number of nitrogens with zero attached hydrogens (tertiary/aromatic N) is 5. The average molecular weight is 948 g/mol. The lowest BCUT2D eigenvalue weighted by molar-refractivity contribution is -0.300. The molecule has 1 unspecified atom stereocenters. The van der Waals surface area contributed by atoms with Gasteiger partial charge < -0.3 is 49.5 Å². The molecule has 4 heterocycles. The molecule has 3 saturated heterocycles. The zero-order chi connectivity index (χ0) is 49.5. The molecule has 0 saturated carbocycles. The van der Waals surface area contributed by atoms with Crippen molar-refractivity contribution in [3.05, 3.63) is 66.4 Å². The Morgan fingerprint density at radius 2 is 1.75 bits per heavy atom. The monoisotopic (exact) mass is 948 g/mol. The highest BCUT2D eigenvalue weighted by atomic mass is 16.7. The number of cyclic esters (lactones) is 1. The molecular weight excluding hydrogens is 875 g/mol. The van der Waals surface area contributed by atoms with Crippen molar-refractivity contribution < 1.29 is 52.7 Å². The molecule has 374 valence electrons. The summed E-state index contributed by atoms with van der Waals surface area (Å²) in [6.45, 7) is 14.1. The standard InChI is InChI=1S/C50H73N7O11/c1-11-40-50(7)43(57(48(62)68-50)23-16-15-22-56-28-38(53-54-56)35-20-17-21-36(51)24-35)33(5)52-27-30(2)26-49(6,63-10)44(31(3)41(58)32(4)45(60)66-40)67-47-42(59)39(55(8)9)25-37(65-47)29-64-46(61)34-18-13-12-14-19-34/h12-14,17-21,24,28,30-33,37,39-40,42-44,47,52,59H,11,15-16,22-23,25-27,29,51H2,1-10H3/t30-,31-,32-,33-,37+,39+,40-,42-,43-,44+,47?,49-,50-/m1/s1. The lowest BCUT2D eigenvalue weighted by atomic mass is 9.78. The molecule has 18 heteroatoms. The maximum Gasteiger partial charge on any atom is 0.410 e. The van der Waals surface area contributed by atoms with E-state index in [4.69, 9.17) is 34.2 Å². The third-order valence-electron chi connectivity index (χ3n) is 14.1. The van der Waals surface area contributed by atoms with Gasteiger partial charge in [-0.25, -0.2) is 9.59 Å². The molecule has 1 amide bonds. The number of hydrogen-bond donors (Lipinski definition) is 3. The van der Waals surface area contributed by atoms with Gasteiger partial charge >= 0.3 is 18.0 Å². The molecule has 68 heavy (non-hydrogen) atoms. The fraction of sp³-hybridized carbons (Fsp3) is 0.640. The van der Waals surface area contributed by atoms with Crippen LogP contribution in [0.15, 0.2) is 60.8 Å². The Morgan fingerprint density at radius 1 is 1.03 bits per heavy atom. The van der Waals surface area contributed by atoms with Crippen molar-refractivity contribution in [2.24, 2.45) is 17.8 Å². The molecular formula is C50H73N7O11. The van der Waals surface area contributed by atoms with Crippen LogP contribution in [0.1, 0.15) is 90.9 Å². The molecule has 0 radical (unpaired) electrons. The van der Waals surface area contributed by atoms with Gasteiger partial charge in [-0.2, -0.15) is 0 Å². The van der Waals surface area contributed by atoms with Crippen LogP contribution >= 0.6 is 0 Å². The molecule has 3 aromatic rings. The summed E-state index contributed by atoms with van der Waals surface area (Å²) in [5, 5.41) is 24.1. The molecule has 3 fully saturated rings. The first kappa shape index (κ1) is 52.4. The van der Waals surface area contributed by atoms with Crippen LogP contribution in [0.5, 0.6) is 0 Å². The fourth-order valence-corrected chi connectivity index (χ4v) is 10.3. The molecule has 1 aromatic heterocycles. The van der Waals surface area contributed by atoms with Gasteiger partial charge in [0.1, 0.15) is 30.4 Å². The zero-order valence-corrected chi connectivity index (χ0v) is 41.3. The molecule has 3 aliphatic rings. The SMILES string of the molecule is CC[C@H]1OC(=O)[C@H](C)C(=O)[C@@H](C)[C@H](OC2O[C@H](COC(=O)c3ccccc3)C[C@H](N(C)C)[C@H]2O)[C@](C)(OC)C[C@@H](C)CN[C@H](C)[C@H]2N(CCCCn3cc(-c4cccc(N)c4)nn3)C(=O)O[C@]12C. The summed E-state index contributed by atoms with van der Waals surface area (Å²) < 4.78 is 39.4. The van der Waals surface area contributed by atoms with Gasteiger partial charge in [-0.1, -0.05) is 56.3 Å². The minimum Gasteiger partial charge on any atom is -0.459 e. The van der Waals surface area contributed by atoms with Crippen LogP contribution in [0.3, 0.4) is 0 Å². The van der Waals surface area contributed by atoms with Crippen molar-refractivity contribution in [1.82, 2.24) is 30.1 Å². The number of likely N-dealkylation sites (N-methyl/N-ethyl adjacent to an activating group) is 1. The summed E-state index contributed by atoms with van der Waals surface area (Å²) in [5.41, 5.74) is 6.16. The largest absolute Gasteiger partial charge is 0.459 e. The highest BCUT2D eigenvalue weighted by Gasteiger charge is 2.59. The Morgan fingerprint density at radius 3 is 2.43 bits per heavy atom. The number of amides is 1. The van der Waals surface area contributed by atoms with E-state index in [1.54, 1.807) is 54.8 Å². The Kier molecular flexibility index (Phi) is 17.4. The highest BCUT2D eigenvalue weighted by molar-refractivity contribution is 6.00. The van der Waals surface area contributed by atoms with Crippen molar-refractivity contribution in [3.63, 3.8) is 0 Å². The van der Waals surface area contributed by atoms with E-state index in [2.05, 4.69) is 22.6 Å². The van der Waals surface area contributed by atoms with Crippen LogP contribution < -0.4 is 11.1 Å². The maximum atomic E-state index is 14.6. The number of nitrogen functional groups attached to an aromatic ring is 1. The Hall–Kier alpha value is -4.98. The van der Waals surface area contributed by atoms with Gasteiger partial charge in [0, 0.05) is 49.5 Å². The Labute approximate surface area is 400 Å². The highest BCUT2D eigenvalue weighted by Crippen LogP contribution is 2.40. The number of ketones is 1. The number of Topliss-reactive ketones (excluding diaryl/α,β-unsaturated/α-hetero) is 1. The number of aliphatic hydroxyl groups excluding tert-OH is 1. The summed E-state index contributed by atoms with van der Waals surface area (Å²) in [6.07, 6.45) is -1.33. The summed E-state index contributed by atoms with van der Waals surface area (Å²) in [6, 6.07) is 14.7. The van der Waals surface area contributed by atoms with Gasteiger partial charge in [0.2, 0.25) is 0 Å². The quantitative estimate of drug-likeness (QED) is 0.0628. The van der Waals surface area contributed by atoms with E-state index in [-0.39, 0.29) is 18.6 Å². The minimum atomic E-state index is -1.28. The third-order valence-corrected chi connectivity index (χ3v) is 14.1. The van der Waals surface area contributed by atoms with Crippen LogP contribution in [0.25, 0.3) is 11.3 Å². The maximum absolute atomic E-state index is 14.6. The van der Waals surface area contributed by atoms with Crippen LogP contribution in [0.4, 0.5) is 10.5 Å². The number of carbonyl (C=O) groups is 4. The predicted octanol–water partition coefficient (Wildman–Crippen LogP) is 5.12. The van der Waals surface area contributed by atoms with E-state index >= 15 is 0 Å². The number of unbranched alkanes of at least 4 members (excludes halogenated alkanes) is 1. The number of nitrogens with one attached hydrogen (secondary N) is 1. The van der Waals surface area contributed by atoms with Crippen molar-refractivity contribution in [2.45, 2.75) is 147 Å². The van der Waals surface area contributed by atoms with E-state index in [9.17, 15) is 24.3 Å². The summed E-state index contributed by atoms with van der Waals surface area (Å²) in [7, 11) is 5.21. The molecule has 2 aromatic carbocycles. The number of esters is 2. The Balaban J connectivity index is 1.21. The number of benzene rings is 2. The van der Waals surface area contributed by atoms with Crippen molar-refractivity contribution >= 4 is 29.5 Å². The number of rotatable bonds is 14. The first-order chi connectivity index (χ1) is 32.3. The van der Waals surface area contributed by atoms with E-state index < -0.39 is 89.6 Å². The average Bonchev–Trinajstić information content (AvgIpc) is 3.90. The molecule has 4 N–H and O–H groups in total. The first-order valence-electron chi connectivity index (χ1n) is 24.0. The normalized spacial score (nSPS) is 33.0. The van der Waals surface area contributed by atoms with Gasteiger partial charge in [-0.05, 0) is 111 Å². The van der Waals surface area contributed by atoms with Gasteiger partial charge in [0.05, 0.1) is 35.6 Å². The number of ether oxygens (including phenoxy) is 6. The number of hydrogen-bond acceptors (Lipinski definition) is 16. The number of aryl methyl sites for hydroxylation is 1. The summed E-state index contributed by atoms with van der Waals surface area (Å²) in [5.74, 6) is -4.06. The lowest BCUT2D eigenvalue weighted by Crippen LogP contribution is -2.61. The first-order valence-corrected chi connectivity index (χ1v) is 24.0. The molecule has 0 aliphatic carbocycles. The molecule has 13 atom stereocenters. The topological polar surface area (TPSA) is 219 Å². The third kappa shape index (κ3) is 11.9. The predicted molar refractivity (Wildman–Crippen MR) is 253 cm³/mol. The zero-order valence-electron chi connectivity index (χ0n) is 41.3. The fourth-order valence-electron chi connectivity index (χ4n) is 10.3. The van der Waals surface area contributed by atoms with Crippen molar-refractivity contribution in [2.75, 3.05) is 46.6 Å². The summed E-state index contributed by atoms with van der Waals surface area (Å²) in [4.78, 5) is 59.3. The number of methoxy groups -OCH3 is 1. The second-order valence-corrected chi connectivity index (χ2v) is 19.6. The molecule has 0 spiro atoms. The van der Waals surface area contributed by atoms with E-state index in [1.165, 1.54) is 6.92 Å². The molecule has 6 rings (SSSR count). The van der Waals surface area contributed by atoms with Gasteiger partial charge in [0.25, 0.3) is 0 Å². The van der Waals surface area contributed by atoms with Crippen LogP contribution in [0.2, 0.25) is 0 Å². The number of aromatic nitrogens is 3. The van der Waals surface area contributed by atoms with Gasteiger partial charge in [-0.3, -0.25) is 19.2 Å². The number of fused-ring (bicyclic) bond motifs is 1. The van der Waals surface area contributed by atoms with E-state index in [0.29, 0.717) is 68.7 Å².